The fourth-order valence-corrected chi connectivity index (χ4v) is 5.87. The van der Waals surface area contributed by atoms with Crippen molar-refractivity contribution >= 4 is 38.4 Å². The Labute approximate surface area is 152 Å². The fourth-order valence-electron chi connectivity index (χ4n) is 3.01. The van der Waals surface area contributed by atoms with Crippen molar-refractivity contribution in [1.29, 1.82) is 0 Å². The average molecular weight is 380 g/mol. The summed E-state index contributed by atoms with van der Waals surface area (Å²) in [4.78, 5) is 23.2. The number of aryl methyl sites for hydroxylation is 1. The Balaban J connectivity index is 1.78. The third-order valence-electron chi connectivity index (χ3n) is 4.42. The van der Waals surface area contributed by atoms with E-state index in [-0.39, 0.29) is 28.7 Å². The number of sulfone groups is 1. The van der Waals surface area contributed by atoms with E-state index in [4.69, 9.17) is 0 Å². The molecule has 1 aromatic heterocycles. The molecule has 0 saturated carbocycles. The number of carbonyl (C=O) groups is 1. The maximum atomic E-state index is 12.7. The van der Waals surface area contributed by atoms with E-state index in [1.54, 1.807) is 11.9 Å². The van der Waals surface area contributed by atoms with Crippen LogP contribution in [0.4, 0.5) is 0 Å². The van der Waals surface area contributed by atoms with Crippen molar-refractivity contribution in [3.05, 3.63) is 30.1 Å². The van der Waals surface area contributed by atoms with E-state index in [9.17, 15) is 13.2 Å². The number of amides is 1. The van der Waals surface area contributed by atoms with Gasteiger partial charge in [0.2, 0.25) is 5.91 Å². The van der Waals surface area contributed by atoms with Gasteiger partial charge < -0.3 is 4.90 Å². The van der Waals surface area contributed by atoms with E-state index in [0.717, 1.165) is 15.9 Å². The first-order valence-corrected chi connectivity index (χ1v) is 10.8. The molecule has 1 fully saturated rings. The molecule has 1 saturated heterocycles. The SMILES string of the molecule is Cc1nc(S[C@H](C)C(=O)N(C)[C@@H]2CCS(=O)(=O)C2)c2ccccc2n1. The third-order valence-corrected chi connectivity index (χ3v) is 7.26. The highest BCUT2D eigenvalue weighted by Gasteiger charge is 2.34. The lowest BCUT2D eigenvalue weighted by molar-refractivity contribution is -0.130. The molecule has 1 aliphatic rings. The Bertz CT molecular complexity index is 914. The van der Waals surface area contributed by atoms with Gasteiger partial charge in [-0.05, 0) is 26.3 Å². The van der Waals surface area contributed by atoms with Gasteiger partial charge in [-0.15, -0.1) is 0 Å². The van der Waals surface area contributed by atoms with Gasteiger partial charge in [0.1, 0.15) is 10.9 Å². The van der Waals surface area contributed by atoms with Crippen molar-refractivity contribution in [2.75, 3.05) is 18.6 Å². The van der Waals surface area contributed by atoms with Crippen LogP contribution in [-0.4, -0.2) is 59.0 Å². The normalized spacial score (nSPS) is 20.5. The molecule has 6 nitrogen and oxygen atoms in total. The van der Waals surface area contributed by atoms with Crippen LogP contribution in [0.3, 0.4) is 0 Å². The minimum atomic E-state index is -3.01. The zero-order valence-corrected chi connectivity index (χ0v) is 16.1. The molecule has 8 heteroatoms. The largest absolute Gasteiger partial charge is 0.341 e. The Morgan fingerprint density at radius 3 is 2.72 bits per heavy atom. The summed E-state index contributed by atoms with van der Waals surface area (Å²) in [5.74, 6) is 0.804. The fraction of sp³-hybridized carbons (Fsp3) is 0.471. The molecule has 0 unspecified atom stereocenters. The molecule has 0 radical (unpaired) electrons. The summed E-state index contributed by atoms with van der Waals surface area (Å²) in [6, 6.07) is 7.49. The molecule has 1 amide bonds. The second kappa shape index (κ2) is 6.92. The summed E-state index contributed by atoms with van der Waals surface area (Å²) >= 11 is 1.39. The highest BCUT2D eigenvalue weighted by molar-refractivity contribution is 8.00. The Morgan fingerprint density at radius 1 is 1.32 bits per heavy atom. The van der Waals surface area contributed by atoms with Crippen molar-refractivity contribution in [2.24, 2.45) is 0 Å². The number of carbonyl (C=O) groups excluding carboxylic acids is 1. The predicted molar refractivity (Wildman–Crippen MR) is 99.4 cm³/mol. The van der Waals surface area contributed by atoms with E-state index in [1.165, 1.54) is 11.8 Å². The van der Waals surface area contributed by atoms with Gasteiger partial charge in [-0.3, -0.25) is 4.79 Å². The molecule has 2 aromatic rings. The minimum absolute atomic E-state index is 0.0577. The van der Waals surface area contributed by atoms with Crippen molar-refractivity contribution in [3.63, 3.8) is 0 Å². The van der Waals surface area contributed by atoms with Crippen LogP contribution in [0.2, 0.25) is 0 Å². The number of nitrogens with zero attached hydrogens (tertiary/aromatic N) is 3. The van der Waals surface area contributed by atoms with Crippen molar-refractivity contribution in [2.45, 2.75) is 36.6 Å². The molecule has 1 aliphatic heterocycles. The molecule has 134 valence electrons. The molecule has 0 N–H and O–H groups in total. The average Bonchev–Trinajstić information content (AvgIpc) is 2.93. The zero-order valence-electron chi connectivity index (χ0n) is 14.5. The first kappa shape index (κ1) is 18.1. The highest BCUT2D eigenvalue weighted by Crippen LogP contribution is 2.30. The number of rotatable bonds is 4. The maximum Gasteiger partial charge on any atom is 0.235 e. The summed E-state index contributed by atoms with van der Waals surface area (Å²) in [5.41, 5.74) is 0.854. The standard InChI is InChI=1S/C17H21N3O3S2/c1-11(17(21)20(3)13-8-9-25(22,23)10-13)24-16-14-6-4-5-7-15(14)18-12(2)19-16/h4-7,11,13H,8-10H2,1-3H3/t11-,13-/m1/s1. The minimum Gasteiger partial charge on any atom is -0.341 e. The van der Waals surface area contributed by atoms with Crippen LogP contribution in [-0.2, 0) is 14.6 Å². The topological polar surface area (TPSA) is 80.2 Å². The van der Waals surface area contributed by atoms with Gasteiger partial charge in [0.05, 0.1) is 22.3 Å². The zero-order chi connectivity index (χ0) is 18.2. The molecule has 2 heterocycles. The van der Waals surface area contributed by atoms with Gasteiger partial charge in [0, 0.05) is 18.5 Å². The molecule has 0 spiro atoms. The van der Waals surface area contributed by atoms with Crippen LogP contribution >= 0.6 is 11.8 Å². The molecule has 2 atom stereocenters. The van der Waals surface area contributed by atoms with E-state index in [2.05, 4.69) is 9.97 Å². The Hall–Kier alpha value is -1.67. The monoisotopic (exact) mass is 379 g/mol. The van der Waals surface area contributed by atoms with Crippen LogP contribution in [0.1, 0.15) is 19.2 Å². The molecular formula is C17H21N3O3S2. The lowest BCUT2D eigenvalue weighted by Crippen LogP contribution is -2.41. The number of aromatic nitrogens is 2. The van der Waals surface area contributed by atoms with Gasteiger partial charge in [0.25, 0.3) is 0 Å². The molecule has 1 aromatic carbocycles. The molecule has 0 bridgehead atoms. The summed E-state index contributed by atoms with van der Waals surface area (Å²) in [5, 5.41) is 1.34. The quantitative estimate of drug-likeness (QED) is 0.598. The number of hydrogen-bond donors (Lipinski definition) is 0. The summed E-state index contributed by atoms with van der Waals surface area (Å²) < 4.78 is 23.3. The summed E-state index contributed by atoms with van der Waals surface area (Å²) in [6.07, 6.45) is 0.511. The summed E-state index contributed by atoms with van der Waals surface area (Å²) in [6.45, 7) is 3.66. The number of thioether (sulfide) groups is 1. The molecule has 0 aliphatic carbocycles. The number of fused-ring (bicyclic) bond motifs is 1. The van der Waals surface area contributed by atoms with E-state index < -0.39 is 9.84 Å². The van der Waals surface area contributed by atoms with E-state index in [1.807, 2.05) is 38.1 Å². The van der Waals surface area contributed by atoms with Gasteiger partial charge in [-0.25, -0.2) is 18.4 Å². The lowest BCUT2D eigenvalue weighted by Gasteiger charge is -2.26. The lowest BCUT2D eigenvalue weighted by atomic mass is 10.2. The number of hydrogen-bond acceptors (Lipinski definition) is 6. The molecule has 25 heavy (non-hydrogen) atoms. The van der Waals surface area contributed by atoms with Crippen molar-refractivity contribution < 1.29 is 13.2 Å². The van der Waals surface area contributed by atoms with Gasteiger partial charge in [-0.2, -0.15) is 0 Å². The second-order valence-electron chi connectivity index (χ2n) is 6.36. The molecular weight excluding hydrogens is 358 g/mol. The predicted octanol–water partition coefficient (Wildman–Crippen LogP) is 2.06. The molecule has 3 rings (SSSR count). The second-order valence-corrected chi connectivity index (χ2v) is 9.92. The smallest absolute Gasteiger partial charge is 0.235 e. The van der Waals surface area contributed by atoms with Crippen LogP contribution in [0, 0.1) is 6.92 Å². The number of para-hydroxylation sites is 1. The van der Waals surface area contributed by atoms with E-state index in [0.29, 0.717) is 12.2 Å². The first-order valence-electron chi connectivity index (χ1n) is 8.14. The third kappa shape index (κ3) is 3.95. The van der Waals surface area contributed by atoms with Gasteiger partial charge >= 0.3 is 0 Å². The van der Waals surface area contributed by atoms with Crippen molar-refractivity contribution in [3.8, 4) is 0 Å². The van der Waals surface area contributed by atoms with Crippen molar-refractivity contribution in [1.82, 2.24) is 14.9 Å². The number of benzene rings is 1. The first-order chi connectivity index (χ1) is 11.8. The van der Waals surface area contributed by atoms with Crippen LogP contribution in [0.15, 0.2) is 29.3 Å². The van der Waals surface area contributed by atoms with E-state index >= 15 is 0 Å². The van der Waals surface area contributed by atoms with Crippen LogP contribution < -0.4 is 0 Å². The van der Waals surface area contributed by atoms with Crippen LogP contribution in [0.25, 0.3) is 10.9 Å². The van der Waals surface area contributed by atoms with Gasteiger partial charge in [0.15, 0.2) is 9.84 Å². The Kier molecular flexibility index (Phi) is 5.02. The van der Waals surface area contributed by atoms with Crippen LogP contribution in [0.5, 0.6) is 0 Å². The van der Waals surface area contributed by atoms with Gasteiger partial charge in [-0.1, -0.05) is 30.0 Å². The Morgan fingerprint density at radius 2 is 2.04 bits per heavy atom. The highest BCUT2D eigenvalue weighted by atomic mass is 32.2. The summed E-state index contributed by atoms with van der Waals surface area (Å²) in [7, 11) is -1.33. The maximum absolute atomic E-state index is 12.7.